The fraction of sp³-hybridized carbons (Fsp3) is 0.485. The summed E-state index contributed by atoms with van der Waals surface area (Å²) in [6.45, 7) is 11.8. The minimum absolute atomic E-state index is 0.253. The average Bonchev–Trinajstić information content (AvgIpc) is 3.44. The molecule has 11 heteroatoms. The van der Waals surface area contributed by atoms with E-state index in [1.807, 2.05) is 20.8 Å². The van der Waals surface area contributed by atoms with Crippen molar-refractivity contribution in [2.24, 2.45) is 0 Å². The van der Waals surface area contributed by atoms with Crippen molar-refractivity contribution >= 4 is 18.0 Å². The second kappa shape index (κ2) is 16.5. The fourth-order valence-electron chi connectivity index (χ4n) is 4.22. The molecule has 0 aliphatic carbocycles. The molecule has 2 amide bonds. The van der Waals surface area contributed by atoms with E-state index in [9.17, 15) is 19.5 Å². The molecule has 1 aliphatic rings. The number of carbonyl (C=O) groups is 3. The summed E-state index contributed by atoms with van der Waals surface area (Å²) >= 11 is 0. The fourth-order valence-corrected chi connectivity index (χ4v) is 4.22. The molecule has 0 saturated carbocycles. The van der Waals surface area contributed by atoms with Gasteiger partial charge in [-0.15, -0.1) is 0 Å². The van der Waals surface area contributed by atoms with Gasteiger partial charge >= 0.3 is 12.1 Å². The molecule has 0 spiro atoms. The van der Waals surface area contributed by atoms with E-state index in [1.54, 1.807) is 41.3 Å². The van der Waals surface area contributed by atoms with Gasteiger partial charge in [-0.05, 0) is 88.3 Å². The van der Waals surface area contributed by atoms with Crippen LogP contribution in [0.15, 0.2) is 40.8 Å². The Labute approximate surface area is 258 Å². The zero-order valence-corrected chi connectivity index (χ0v) is 26.0. The van der Waals surface area contributed by atoms with Crippen molar-refractivity contribution in [3.8, 4) is 23.7 Å². The van der Waals surface area contributed by atoms with Gasteiger partial charge in [0.15, 0.2) is 11.8 Å². The van der Waals surface area contributed by atoms with E-state index in [-0.39, 0.29) is 6.54 Å². The average molecular weight is 608 g/mol. The van der Waals surface area contributed by atoms with Crippen LogP contribution in [0.2, 0.25) is 0 Å². The number of aliphatic hydroxyl groups excluding tert-OH is 1. The summed E-state index contributed by atoms with van der Waals surface area (Å²) in [6, 6.07) is 8.74. The Morgan fingerprint density at radius 1 is 1.07 bits per heavy atom. The standard InChI is InChI=1S/C33H41N3O8/c1-24(37)29(31(39)41-5)34-30(38)26-13-11-25(12-14-26)9-6-7-10-27-15-16-28(43-27)23-36(32(40)44-33(2,3)4)18-8-17-35-19-21-42-22-20-35/h11-16,24,29,37H,8,17-23H2,1-5H3,(H,34,38)/t24-,29-/m1/s1. The van der Waals surface area contributed by atoms with E-state index in [2.05, 4.69) is 38.6 Å². The second-order valence-electron chi connectivity index (χ2n) is 11.3. The summed E-state index contributed by atoms with van der Waals surface area (Å²) in [7, 11) is 1.18. The Morgan fingerprint density at radius 2 is 1.75 bits per heavy atom. The lowest BCUT2D eigenvalue weighted by molar-refractivity contribution is -0.145. The summed E-state index contributed by atoms with van der Waals surface area (Å²) in [4.78, 5) is 41.1. The molecule has 2 atom stereocenters. The van der Waals surface area contributed by atoms with Crippen LogP contribution in [-0.4, -0.2) is 97.1 Å². The van der Waals surface area contributed by atoms with Crippen molar-refractivity contribution in [1.29, 1.82) is 0 Å². The Morgan fingerprint density at radius 3 is 2.39 bits per heavy atom. The molecular formula is C33H41N3O8. The smallest absolute Gasteiger partial charge is 0.410 e. The van der Waals surface area contributed by atoms with Crippen molar-refractivity contribution in [2.75, 3.05) is 46.5 Å². The number of methoxy groups -OCH3 is 1. The Balaban J connectivity index is 1.58. The quantitative estimate of drug-likeness (QED) is 0.309. The lowest BCUT2D eigenvalue weighted by Gasteiger charge is -2.29. The topological polar surface area (TPSA) is 131 Å². The van der Waals surface area contributed by atoms with Crippen molar-refractivity contribution in [3.63, 3.8) is 0 Å². The highest BCUT2D eigenvalue weighted by Gasteiger charge is 2.27. The van der Waals surface area contributed by atoms with E-state index in [0.29, 0.717) is 29.2 Å². The molecule has 236 valence electrons. The Hall–Kier alpha value is -4.29. The van der Waals surface area contributed by atoms with Crippen LogP contribution in [0.4, 0.5) is 4.79 Å². The largest absolute Gasteiger partial charge is 0.467 e. The number of carbonyl (C=O) groups excluding carboxylic acids is 3. The normalized spacial score (nSPS) is 14.6. The first kappa shape index (κ1) is 34.2. The molecule has 2 aromatic rings. The highest BCUT2D eigenvalue weighted by atomic mass is 16.6. The van der Waals surface area contributed by atoms with Crippen LogP contribution >= 0.6 is 0 Å². The van der Waals surface area contributed by atoms with E-state index in [1.165, 1.54) is 14.0 Å². The number of nitrogens with zero attached hydrogens (tertiary/aromatic N) is 2. The highest BCUT2D eigenvalue weighted by Crippen LogP contribution is 2.15. The summed E-state index contributed by atoms with van der Waals surface area (Å²) in [5, 5.41) is 12.2. The van der Waals surface area contributed by atoms with E-state index >= 15 is 0 Å². The maximum atomic E-state index is 12.9. The predicted molar refractivity (Wildman–Crippen MR) is 162 cm³/mol. The minimum Gasteiger partial charge on any atom is -0.467 e. The van der Waals surface area contributed by atoms with Gasteiger partial charge in [-0.1, -0.05) is 5.92 Å². The Kier molecular flexibility index (Phi) is 12.8. The van der Waals surface area contributed by atoms with Gasteiger partial charge in [-0.2, -0.15) is 0 Å². The van der Waals surface area contributed by atoms with E-state index < -0.39 is 35.7 Å². The molecule has 3 rings (SSSR count). The molecule has 0 bridgehead atoms. The molecule has 0 unspecified atom stereocenters. The molecule has 2 heterocycles. The molecule has 1 aromatic heterocycles. The van der Waals surface area contributed by atoms with Gasteiger partial charge in [0.2, 0.25) is 0 Å². The lowest BCUT2D eigenvalue weighted by Crippen LogP contribution is -2.48. The van der Waals surface area contributed by atoms with Gasteiger partial charge < -0.3 is 34.0 Å². The molecule has 2 N–H and O–H groups in total. The number of ether oxygens (including phenoxy) is 3. The number of esters is 1. The van der Waals surface area contributed by atoms with Gasteiger partial charge in [0, 0.05) is 37.3 Å². The third kappa shape index (κ3) is 11.4. The second-order valence-corrected chi connectivity index (χ2v) is 11.3. The third-order valence-electron chi connectivity index (χ3n) is 6.49. The summed E-state index contributed by atoms with van der Waals surface area (Å²) < 4.78 is 21.5. The van der Waals surface area contributed by atoms with Crippen LogP contribution in [0.25, 0.3) is 0 Å². The summed E-state index contributed by atoms with van der Waals surface area (Å²) in [6.07, 6.45) is -0.719. The maximum Gasteiger partial charge on any atom is 0.410 e. The highest BCUT2D eigenvalue weighted by molar-refractivity contribution is 5.97. The number of benzene rings is 1. The molecule has 1 aliphatic heterocycles. The van der Waals surface area contributed by atoms with Crippen LogP contribution in [0.1, 0.15) is 61.6 Å². The van der Waals surface area contributed by atoms with E-state index in [0.717, 1.165) is 39.3 Å². The van der Waals surface area contributed by atoms with Crippen LogP contribution in [0.3, 0.4) is 0 Å². The maximum absolute atomic E-state index is 12.9. The first-order valence-electron chi connectivity index (χ1n) is 14.5. The number of aliphatic hydroxyl groups is 1. The number of furan rings is 1. The first-order valence-corrected chi connectivity index (χ1v) is 14.5. The summed E-state index contributed by atoms with van der Waals surface area (Å²) in [5.41, 5.74) is 0.304. The number of nitrogens with one attached hydrogen (secondary N) is 1. The zero-order chi connectivity index (χ0) is 32.1. The molecular weight excluding hydrogens is 566 g/mol. The van der Waals surface area contributed by atoms with Gasteiger partial charge in [0.25, 0.3) is 5.91 Å². The number of hydrogen-bond acceptors (Lipinski definition) is 9. The number of amides is 2. The van der Waals surface area contributed by atoms with Gasteiger partial charge in [0.1, 0.15) is 11.4 Å². The number of rotatable bonds is 10. The van der Waals surface area contributed by atoms with Crippen LogP contribution in [0.5, 0.6) is 0 Å². The van der Waals surface area contributed by atoms with Crippen LogP contribution in [0, 0.1) is 23.7 Å². The monoisotopic (exact) mass is 607 g/mol. The molecule has 1 saturated heterocycles. The third-order valence-corrected chi connectivity index (χ3v) is 6.49. The van der Waals surface area contributed by atoms with Crippen molar-refractivity contribution in [1.82, 2.24) is 15.1 Å². The van der Waals surface area contributed by atoms with Crippen molar-refractivity contribution < 1.29 is 38.1 Å². The molecule has 0 radical (unpaired) electrons. The van der Waals surface area contributed by atoms with E-state index in [4.69, 9.17) is 13.9 Å². The molecule has 1 fully saturated rings. The molecule has 11 nitrogen and oxygen atoms in total. The van der Waals surface area contributed by atoms with Crippen molar-refractivity contribution in [3.05, 3.63) is 59.0 Å². The van der Waals surface area contributed by atoms with Gasteiger partial charge in [-0.3, -0.25) is 9.69 Å². The number of morpholine rings is 1. The minimum atomic E-state index is -1.18. The Bertz CT molecular complexity index is 1380. The predicted octanol–water partition coefficient (Wildman–Crippen LogP) is 2.79. The molecule has 1 aromatic carbocycles. The lowest BCUT2D eigenvalue weighted by atomic mass is 10.1. The first-order chi connectivity index (χ1) is 20.9. The molecule has 44 heavy (non-hydrogen) atoms. The summed E-state index contributed by atoms with van der Waals surface area (Å²) in [5.74, 6) is 11.0. The zero-order valence-electron chi connectivity index (χ0n) is 26.0. The van der Waals surface area contributed by atoms with Gasteiger partial charge in [0.05, 0.1) is 33.0 Å². The number of hydrogen-bond donors (Lipinski definition) is 2. The SMILES string of the molecule is COC(=O)[C@H](NC(=O)c1ccc(C#CC#Cc2ccc(CN(CCCN3CCOCC3)C(=O)OC(C)(C)C)o2)cc1)[C@@H](C)O. The van der Waals surface area contributed by atoms with Crippen LogP contribution in [-0.2, 0) is 25.5 Å². The van der Waals surface area contributed by atoms with Crippen molar-refractivity contribution in [2.45, 2.75) is 58.4 Å². The van der Waals surface area contributed by atoms with Crippen LogP contribution < -0.4 is 5.32 Å². The van der Waals surface area contributed by atoms with Gasteiger partial charge in [-0.25, -0.2) is 9.59 Å².